The predicted octanol–water partition coefficient (Wildman–Crippen LogP) is 3.51. The Morgan fingerprint density at radius 2 is 2.05 bits per heavy atom. The van der Waals surface area contributed by atoms with E-state index >= 15 is 0 Å². The smallest absolute Gasteiger partial charge is 0.301 e. The highest BCUT2D eigenvalue weighted by atomic mass is 17.1. The quantitative estimate of drug-likeness (QED) is 0.415. The SMILES string of the molecule is CC=C[C@H]1CCC[C@@H]1CCC(=O)CCCC(=O)OO. The van der Waals surface area contributed by atoms with Crippen LogP contribution in [0.2, 0.25) is 0 Å². The summed E-state index contributed by atoms with van der Waals surface area (Å²) in [4.78, 5) is 25.9. The van der Waals surface area contributed by atoms with Gasteiger partial charge in [0.05, 0.1) is 0 Å². The lowest BCUT2D eigenvalue weighted by atomic mass is 9.90. The number of Topliss-reactive ketones (excluding diaryl/α,β-unsaturated/α-hetero) is 1. The van der Waals surface area contributed by atoms with Crippen molar-refractivity contribution in [3.8, 4) is 0 Å². The monoisotopic (exact) mass is 268 g/mol. The molecule has 1 aliphatic rings. The fourth-order valence-electron chi connectivity index (χ4n) is 2.87. The molecule has 0 radical (unpaired) electrons. The van der Waals surface area contributed by atoms with Gasteiger partial charge in [0.2, 0.25) is 0 Å². The second kappa shape index (κ2) is 8.86. The van der Waals surface area contributed by atoms with Gasteiger partial charge >= 0.3 is 5.97 Å². The number of allylic oxidation sites excluding steroid dienone is 2. The van der Waals surface area contributed by atoms with Crippen LogP contribution in [0.4, 0.5) is 0 Å². The number of ketones is 1. The van der Waals surface area contributed by atoms with E-state index in [1.807, 2.05) is 6.92 Å². The third kappa shape index (κ3) is 6.01. The Bertz CT molecular complexity index is 322. The molecule has 0 aliphatic heterocycles. The lowest BCUT2D eigenvalue weighted by Crippen LogP contribution is -2.09. The van der Waals surface area contributed by atoms with Crippen molar-refractivity contribution in [1.82, 2.24) is 0 Å². The molecule has 0 unspecified atom stereocenters. The second-order valence-corrected chi connectivity index (χ2v) is 5.27. The van der Waals surface area contributed by atoms with Gasteiger partial charge in [0.25, 0.3) is 0 Å². The fraction of sp³-hybridized carbons (Fsp3) is 0.733. The molecule has 1 N–H and O–H groups in total. The van der Waals surface area contributed by atoms with Gasteiger partial charge < -0.3 is 4.89 Å². The van der Waals surface area contributed by atoms with E-state index in [0.717, 1.165) is 6.42 Å². The third-order valence-corrected chi connectivity index (χ3v) is 3.89. The van der Waals surface area contributed by atoms with Crippen LogP contribution in [0.25, 0.3) is 0 Å². The molecule has 0 aromatic heterocycles. The molecule has 0 aromatic rings. The van der Waals surface area contributed by atoms with Crippen molar-refractivity contribution in [3.63, 3.8) is 0 Å². The number of hydrogen-bond donors (Lipinski definition) is 1. The molecule has 1 rings (SSSR count). The van der Waals surface area contributed by atoms with Crippen LogP contribution in [0.15, 0.2) is 12.2 Å². The highest BCUT2D eigenvalue weighted by Gasteiger charge is 2.25. The van der Waals surface area contributed by atoms with Crippen molar-refractivity contribution in [3.05, 3.63) is 12.2 Å². The number of rotatable bonds is 8. The minimum Gasteiger partial charge on any atom is -0.301 e. The second-order valence-electron chi connectivity index (χ2n) is 5.27. The summed E-state index contributed by atoms with van der Waals surface area (Å²) < 4.78 is 0. The molecule has 0 bridgehead atoms. The van der Waals surface area contributed by atoms with Crippen LogP contribution in [0.3, 0.4) is 0 Å². The lowest BCUT2D eigenvalue weighted by Gasteiger charge is -2.15. The van der Waals surface area contributed by atoms with Crippen LogP contribution in [-0.2, 0) is 14.5 Å². The molecule has 19 heavy (non-hydrogen) atoms. The summed E-state index contributed by atoms with van der Waals surface area (Å²) >= 11 is 0. The van der Waals surface area contributed by atoms with E-state index in [1.54, 1.807) is 0 Å². The summed E-state index contributed by atoms with van der Waals surface area (Å²) in [7, 11) is 0. The van der Waals surface area contributed by atoms with Gasteiger partial charge in [-0.25, -0.2) is 4.79 Å². The molecule has 0 amide bonds. The molecular weight excluding hydrogens is 244 g/mol. The summed E-state index contributed by atoms with van der Waals surface area (Å²) in [6.07, 6.45) is 10.6. The van der Waals surface area contributed by atoms with Gasteiger partial charge in [0.15, 0.2) is 0 Å². The van der Waals surface area contributed by atoms with E-state index in [2.05, 4.69) is 17.0 Å². The Balaban J connectivity index is 2.17. The molecule has 108 valence electrons. The van der Waals surface area contributed by atoms with Crippen LogP contribution in [-0.4, -0.2) is 17.0 Å². The van der Waals surface area contributed by atoms with E-state index in [1.165, 1.54) is 19.3 Å². The van der Waals surface area contributed by atoms with E-state index in [9.17, 15) is 9.59 Å². The van der Waals surface area contributed by atoms with Gasteiger partial charge in [-0.1, -0.05) is 18.6 Å². The molecule has 4 nitrogen and oxygen atoms in total. The highest BCUT2D eigenvalue weighted by molar-refractivity contribution is 5.79. The van der Waals surface area contributed by atoms with Gasteiger partial charge in [-0.15, -0.1) is 0 Å². The van der Waals surface area contributed by atoms with Crippen LogP contribution >= 0.6 is 0 Å². The number of hydrogen-bond acceptors (Lipinski definition) is 4. The summed E-state index contributed by atoms with van der Waals surface area (Å²) in [5, 5.41) is 8.09. The van der Waals surface area contributed by atoms with E-state index in [-0.39, 0.29) is 12.2 Å². The van der Waals surface area contributed by atoms with Crippen molar-refractivity contribution >= 4 is 11.8 Å². The first-order valence-electron chi connectivity index (χ1n) is 7.16. The van der Waals surface area contributed by atoms with Crippen molar-refractivity contribution in [2.24, 2.45) is 11.8 Å². The van der Waals surface area contributed by atoms with E-state index in [0.29, 0.717) is 31.1 Å². The zero-order valence-electron chi connectivity index (χ0n) is 11.6. The summed E-state index contributed by atoms with van der Waals surface area (Å²) in [5.74, 6) is 0.818. The maximum atomic E-state index is 11.7. The predicted molar refractivity (Wildman–Crippen MR) is 72.5 cm³/mol. The van der Waals surface area contributed by atoms with Crippen LogP contribution in [0.1, 0.15) is 58.3 Å². The maximum Gasteiger partial charge on any atom is 0.342 e. The summed E-state index contributed by atoms with van der Waals surface area (Å²) in [6.45, 7) is 2.04. The Morgan fingerprint density at radius 3 is 2.74 bits per heavy atom. The number of carbonyl (C=O) groups excluding carboxylic acids is 2. The van der Waals surface area contributed by atoms with Crippen LogP contribution in [0, 0.1) is 11.8 Å². The number of carbonyl (C=O) groups is 2. The minimum absolute atomic E-state index is 0.104. The molecule has 0 heterocycles. The molecule has 4 heteroatoms. The van der Waals surface area contributed by atoms with Gasteiger partial charge in [0.1, 0.15) is 5.78 Å². The first-order chi connectivity index (χ1) is 9.17. The third-order valence-electron chi connectivity index (χ3n) is 3.89. The average Bonchev–Trinajstić information content (AvgIpc) is 2.84. The molecule has 0 saturated heterocycles. The molecule has 1 saturated carbocycles. The van der Waals surface area contributed by atoms with E-state index in [4.69, 9.17) is 5.26 Å². The van der Waals surface area contributed by atoms with Crippen molar-refractivity contribution < 1.29 is 19.7 Å². The van der Waals surface area contributed by atoms with E-state index < -0.39 is 5.97 Å². The largest absolute Gasteiger partial charge is 0.342 e. The first kappa shape index (κ1) is 15.9. The molecule has 0 spiro atoms. The Hall–Kier alpha value is -1.16. The molecule has 1 aliphatic carbocycles. The molecule has 2 atom stereocenters. The molecule has 1 fully saturated rings. The van der Waals surface area contributed by atoms with Crippen LogP contribution in [0.5, 0.6) is 0 Å². The van der Waals surface area contributed by atoms with Crippen molar-refractivity contribution in [1.29, 1.82) is 0 Å². The average molecular weight is 268 g/mol. The minimum atomic E-state index is -0.670. The normalized spacial score (nSPS) is 22.8. The molecule has 0 aromatic carbocycles. The van der Waals surface area contributed by atoms with Gasteiger partial charge in [0, 0.05) is 19.3 Å². The molecular formula is C15H24O4. The first-order valence-corrected chi connectivity index (χ1v) is 7.16. The van der Waals surface area contributed by atoms with Crippen molar-refractivity contribution in [2.45, 2.75) is 58.3 Å². The van der Waals surface area contributed by atoms with Gasteiger partial charge in [-0.05, 0) is 44.4 Å². The summed E-state index contributed by atoms with van der Waals surface area (Å²) in [6, 6.07) is 0. The zero-order chi connectivity index (χ0) is 14.1. The Morgan fingerprint density at radius 1 is 1.26 bits per heavy atom. The fourth-order valence-corrected chi connectivity index (χ4v) is 2.87. The van der Waals surface area contributed by atoms with Gasteiger partial charge in [-0.2, -0.15) is 5.26 Å². The van der Waals surface area contributed by atoms with Gasteiger partial charge in [-0.3, -0.25) is 4.79 Å². The lowest BCUT2D eigenvalue weighted by molar-refractivity contribution is -0.234. The highest BCUT2D eigenvalue weighted by Crippen LogP contribution is 2.35. The van der Waals surface area contributed by atoms with Crippen molar-refractivity contribution in [2.75, 3.05) is 0 Å². The standard InChI is InChI=1S/C15H24O4/c1-2-5-12-6-3-7-13(12)10-11-14(16)8-4-9-15(17)19-18/h2,5,12-13,18H,3-4,6-11H2,1H3/t12-,13+/m0/s1. The maximum absolute atomic E-state index is 11.7. The Kier molecular flexibility index (Phi) is 7.41. The zero-order valence-corrected chi connectivity index (χ0v) is 11.6. The van der Waals surface area contributed by atoms with Crippen LogP contribution < -0.4 is 0 Å². The summed E-state index contributed by atoms with van der Waals surface area (Å²) in [5.41, 5.74) is 0. The Labute approximate surface area is 114 Å². The topological polar surface area (TPSA) is 63.6 Å².